The second-order valence-corrected chi connectivity index (χ2v) is 7.30. The molecule has 1 aromatic rings. The highest BCUT2D eigenvalue weighted by Crippen LogP contribution is 2.41. The quantitative estimate of drug-likeness (QED) is 0.202. The van der Waals surface area contributed by atoms with Crippen molar-refractivity contribution in [2.75, 3.05) is 20.3 Å². The summed E-state index contributed by atoms with van der Waals surface area (Å²) in [6.07, 6.45) is 14.5. The van der Waals surface area contributed by atoms with Gasteiger partial charge >= 0.3 is 5.69 Å². The monoisotopic (exact) mass is 391 g/mol. The van der Waals surface area contributed by atoms with E-state index in [0.717, 1.165) is 19.3 Å². The molecule has 5 nitrogen and oxygen atoms in total. The van der Waals surface area contributed by atoms with Crippen molar-refractivity contribution in [1.29, 1.82) is 5.39 Å². The van der Waals surface area contributed by atoms with Gasteiger partial charge in [-0.1, -0.05) is 78.1 Å². The summed E-state index contributed by atoms with van der Waals surface area (Å²) >= 11 is 0. The van der Waals surface area contributed by atoms with E-state index in [1.807, 2.05) is 0 Å². The molecule has 0 aliphatic rings. The van der Waals surface area contributed by atoms with Crippen molar-refractivity contribution in [2.24, 2.45) is 0 Å². The Kier molecular flexibility index (Phi) is 13.8. The van der Waals surface area contributed by atoms with Gasteiger partial charge in [0.05, 0.1) is 20.3 Å². The van der Waals surface area contributed by atoms with E-state index in [-0.39, 0.29) is 0 Å². The molecule has 1 rings (SSSR count). The van der Waals surface area contributed by atoms with E-state index in [2.05, 4.69) is 18.8 Å². The summed E-state index contributed by atoms with van der Waals surface area (Å²) in [7, 11) is 1.55. The zero-order chi connectivity index (χ0) is 20.5. The molecule has 0 radical (unpaired) electrons. The molecule has 1 aromatic carbocycles. The lowest BCUT2D eigenvalue weighted by molar-refractivity contribution is 0.287. The van der Waals surface area contributed by atoms with Crippen LogP contribution in [-0.2, 0) is 0 Å². The predicted octanol–water partition coefficient (Wildman–Crippen LogP) is 7.66. The molecule has 0 aromatic heterocycles. The van der Waals surface area contributed by atoms with Gasteiger partial charge in [-0.2, -0.15) is 0 Å². The third-order valence-electron chi connectivity index (χ3n) is 4.86. The first kappa shape index (κ1) is 24.1. The second kappa shape index (κ2) is 16.0. The number of ether oxygens (including phenoxy) is 3. The summed E-state index contributed by atoms with van der Waals surface area (Å²) in [5, 5.41) is 9.36. The Hall–Kier alpha value is -1.96. The molecule has 5 heteroatoms. The Morgan fingerprint density at radius 3 is 1.75 bits per heavy atom. The van der Waals surface area contributed by atoms with Crippen molar-refractivity contribution < 1.29 is 14.2 Å². The van der Waals surface area contributed by atoms with Crippen LogP contribution in [0.4, 0.5) is 5.69 Å². The van der Waals surface area contributed by atoms with Crippen molar-refractivity contribution in [3.05, 3.63) is 17.1 Å². The van der Waals surface area contributed by atoms with Crippen LogP contribution in [0.1, 0.15) is 90.9 Å². The SMILES string of the molecule is CCCCCCCCOc1cc(OC)c([N+]#N)c(OCCCCCCCC)c1. The summed E-state index contributed by atoms with van der Waals surface area (Å²) < 4.78 is 17.1. The van der Waals surface area contributed by atoms with Gasteiger partial charge in [-0.25, -0.2) is 0 Å². The molecular formula is C23H39N2O3+. The van der Waals surface area contributed by atoms with Crippen molar-refractivity contribution in [3.8, 4) is 17.2 Å². The van der Waals surface area contributed by atoms with Crippen molar-refractivity contribution in [2.45, 2.75) is 90.9 Å². The second-order valence-electron chi connectivity index (χ2n) is 7.30. The van der Waals surface area contributed by atoms with Crippen LogP contribution in [0, 0.1) is 5.39 Å². The highest BCUT2D eigenvalue weighted by atomic mass is 16.5. The summed E-state index contributed by atoms with van der Waals surface area (Å²) in [5.41, 5.74) is 0.320. The first-order chi connectivity index (χ1) is 13.8. The Bertz CT molecular complexity index is 570. The average molecular weight is 392 g/mol. The molecule has 0 aliphatic carbocycles. The smallest absolute Gasteiger partial charge is 0.467 e. The molecule has 0 fully saturated rings. The molecule has 0 amide bonds. The zero-order valence-electron chi connectivity index (χ0n) is 18.2. The van der Waals surface area contributed by atoms with E-state index in [0.29, 0.717) is 36.1 Å². The maximum atomic E-state index is 9.36. The Morgan fingerprint density at radius 2 is 1.21 bits per heavy atom. The van der Waals surface area contributed by atoms with Gasteiger partial charge in [0.15, 0.2) is 4.98 Å². The lowest BCUT2D eigenvalue weighted by Gasteiger charge is -2.10. The summed E-state index contributed by atoms with van der Waals surface area (Å²) in [5.74, 6) is 1.66. The number of nitrogens with zero attached hydrogens (tertiary/aromatic N) is 2. The van der Waals surface area contributed by atoms with Gasteiger partial charge in [0, 0.05) is 12.1 Å². The van der Waals surface area contributed by atoms with Crippen LogP contribution < -0.4 is 14.2 Å². The number of hydrogen-bond acceptors (Lipinski definition) is 4. The fourth-order valence-electron chi connectivity index (χ4n) is 3.14. The number of rotatable bonds is 17. The summed E-state index contributed by atoms with van der Waals surface area (Å²) in [6, 6.07) is 3.55. The zero-order valence-corrected chi connectivity index (χ0v) is 18.2. The largest absolute Gasteiger partial charge is 0.493 e. The number of benzene rings is 1. The molecule has 0 heterocycles. The van der Waals surface area contributed by atoms with Gasteiger partial charge in [-0.05, 0) is 12.8 Å². The molecule has 0 N–H and O–H groups in total. The first-order valence-electron chi connectivity index (χ1n) is 11.1. The topological polar surface area (TPSA) is 55.8 Å². The maximum Gasteiger partial charge on any atom is 0.467 e. The van der Waals surface area contributed by atoms with Crippen LogP contribution in [0.5, 0.6) is 17.2 Å². The van der Waals surface area contributed by atoms with Gasteiger partial charge in [0.25, 0.3) is 0 Å². The molecular weight excluding hydrogens is 352 g/mol. The van der Waals surface area contributed by atoms with Gasteiger partial charge < -0.3 is 14.2 Å². The fraction of sp³-hybridized carbons (Fsp3) is 0.739. The Morgan fingerprint density at radius 1 is 0.714 bits per heavy atom. The van der Waals surface area contributed by atoms with E-state index in [9.17, 15) is 5.39 Å². The molecule has 0 saturated carbocycles. The van der Waals surface area contributed by atoms with E-state index < -0.39 is 0 Å². The van der Waals surface area contributed by atoms with Crippen LogP contribution in [0.15, 0.2) is 12.1 Å². The highest BCUT2D eigenvalue weighted by molar-refractivity contribution is 5.69. The molecule has 0 aliphatic heterocycles. The van der Waals surface area contributed by atoms with Gasteiger partial charge in [-0.15, -0.1) is 0 Å². The minimum Gasteiger partial charge on any atom is -0.493 e. The predicted molar refractivity (Wildman–Crippen MR) is 115 cm³/mol. The van der Waals surface area contributed by atoms with Crippen LogP contribution in [0.25, 0.3) is 4.98 Å². The number of diazo groups is 1. The minimum atomic E-state index is 0.320. The standard InChI is InChI=1S/C23H39N2O3/c1-4-6-8-10-12-14-16-27-20-18-21(26-3)23(25-24)22(19-20)28-17-15-13-11-9-7-5-2/h18-19H,4-17H2,1-3H3/q+1. The minimum absolute atomic E-state index is 0.320. The number of methoxy groups -OCH3 is 1. The molecule has 0 unspecified atom stereocenters. The lowest BCUT2D eigenvalue weighted by atomic mass is 10.1. The van der Waals surface area contributed by atoms with Crippen LogP contribution >= 0.6 is 0 Å². The third kappa shape index (κ3) is 9.82. The van der Waals surface area contributed by atoms with Gasteiger partial charge in [0.2, 0.25) is 16.9 Å². The molecule has 28 heavy (non-hydrogen) atoms. The molecule has 0 saturated heterocycles. The van der Waals surface area contributed by atoms with Crippen molar-refractivity contribution in [3.63, 3.8) is 0 Å². The van der Waals surface area contributed by atoms with Crippen molar-refractivity contribution in [1.82, 2.24) is 0 Å². The fourth-order valence-corrected chi connectivity index (χ4v) is 3.14. The summed E-state index contributed by atoms with van der Waals surface area (Å²) in [6.45, 7) is 5.71. The Labute approximate surface area is 171 Å². The Balaban J connectivity index is 2.50. The average Bonchev–Trinajstić information content (AvgIpc) is 2.72. The molecule has 0 spiro atoms. The molecule has 0 bridgehead atoms. The lowest BCUT2D eigenvalue weighted by Crippen LogP contribution is -2.01. The van der Waals surface area contributed by atoms with Crippen LogP contribution in [0.2, 0.25) is 0 Å². The number of unbranched alkanes of at least 4 members (excludes halogenated alkanes) is 10. The first-order valence-corrected chi connectivity index (χ1v) is 11.1. The van der Waals surface area contributed by atoms with Crippen LogP contribution in [-0.4, -0.2) is 20.3 Å². The summed E-state index contributed by atoms with van der Waals surface area (Å²) in [4.78, 5) is 3.35. The normalized spacial score (nSPS) is 10.5. The van der Waals surface area contributed by atoms with Gasteiger partial charge in [-0.3, -0.25) is 0 Å². The third-order valence-corrected chi connectivity index (χ3v) is 4.86. The van der Waals surface area contributed by atoms with E-state index >= 15 is 0 Å². The van der Waals surface area contributed by atoms with E-state index in [1.54, 1.807) is 19.2 Å². The van der Waals surface area contributed by atoms with E-state index in [4.69, 9.17) is 14.2 Å². The highest BCUT2D eigenvalue weighted by Gasteiger charge is 2.25. The molecule has 158 valence electrons. The van der Waals surface area contributed by atoms with Gasteiger partial charge in [0.1, 0.15) is 5.75 Å². The van der Waals surface area contributed by atoms with Crippen LogP contribution in [0.3, 0.4) is 0 Å². The molecule has 0 atom stereocenters. The number of hydrogen-bond donors (Lipinski definition) is 0. The maximum absolute atomic E-state index is 9.36. The van der Waals surface area contributed by atoms with Crippen molar-refractivity contribution >= 4 is 5.69 Å². The van der Waals surface area contributed by atoms with E-state index in [1.165, 1.54) is 57.8 Å².